The maximum atomic E-state index is 13.9. The van der Waals surface area contributed by atoms with E-state index in [2.05, 4.69) is 0 Å². The second-order valence-corrected chi connectivity index (χ2v) is 7.58. The molecule has 1 aliphatic rings. The van der Waals surface area contributed by atoms with E-state index in [0.29, 0.717) is 30.5 Å². The lowest BCUT2D eigenvalue weighted by atomic mass is 10.00. The Labute approximate surface area is 187 Å². The van der Waals surface area contributed by atoms with E-state index in [1.165, 1.54) is 12.1 Å². The van der Waals surface area contributed by atoms with Crippen LogP contribution in [0.4, 0.5) is 13.6 Å². The van der Waals surface area contributed by atoms with E-state index in [-0.39, 0.29) is 18.8 Å². The molecule has 0 spiro atoms. The van der Waals surface area contributed by atoms with E-state index in [4.69, 9.17) is 9.84 Å². The SMILES string of the molecule is CC(c1ccc(-c2ccc(F)cc2F)cc1)N1CCC(CCO)OC1=O.c1ccccc1. The summed E-state index contributed by atoms with van der Waals surface area (Å²) in [5, 5.41) is 8.96. The number of nitrogens with zero attached hydrogens (tertiary/aromatic N) is 1. The summed E-state index contributed by atoms with van der Waals surface area (Å²) in [6.45, 7) is 2.45. The molecular weight excluding hydrogens is 412 g/mol. The fourth-order valence-corrected chi connectivity index (χ4v) is 3.57. The van der Waals surface area contributed by atoms with Crippen LogP contribution in [-0.2, 0) is 4.74 Å². The van der Waals surface area contributed by atoms with Crippen LogP contribution in [0.2, 0.25) is 0 Å². The molecule has 0 bridgehead atoms. The van der Waals surface area contributed by atoms with Crippen molar-refractivity contribution in [3.05, 3.63) is 96.1 Å². The van der Waals surface area contributed by atoms with Crippen molar-refractivity contribution in [1.29, 1.82) is 0 Å². The second kappa shape index (κ2) is 11.4. The first-order valence-electron chi connectivity index (χ1n) is 10.6. The molecule has 0 radical (unpaired) electrons. The average Bonchev–Trinajstić information content (AvgIpc) is 2.81. The Morgan fingerprint density at radius 3 is 2.19 bits per heavy atom. The first-order valence-corrected chi connectivity index (χ1v) is 10.6. The van der Waals surface area contributed by atoms with Crippen molar-refractivity contribution < 1.29 is 23.4 Å². The van der Waals surface area contributed by atoms with Crippen LogP contribution < -0.4 is 0 Å². The molecule has 1 fully saturated rings. The largest absolute Gasteiger partial charge is 0.446 e. The fraction of sp³-hybridized carbons (Fsp3) is 0.269. The number of benzene rings is 3. The number of halogens is 2. The van der Waals surface area contributed by atoms with Crippen LogP contribution in [0.5, 0.6) is 0 Å². The molecule has 2 atom stereocenters. The summed E-state index contributed by atoms with van der Waals surface area (Å²) in [5.41, 5.74) is 1.87. The monoisotopic (exact) mass is 439 g/mol. The summed E-state index contributed by atoms with van der Waals surface area (Å²) in [6.07, 6.45) is 0.497. The maximum Gasteiger partial charge on any atom is 0.410 e. The Balaban J connectivity index is 0.000000416. The van der Waals surface area contributed by atoms with Crippen LogP contribution in [-0.4, -0.2) is 35.4 Å². The Kier molecular flexibility index (Phi) is 8.34. The van der Waals surface area contributed by atoms with Gasteiger partial charge < -0.3 is 14.7 Å². The van der Waals surface area contributed by atoms with Gasteiger partial charge in [0.2, 0.25) is 0 Å². The number of ether oxygens (including phenoxy) is 1. The molecule has 4 nitrogen and oxygen atoms in total. The van der Waals surface area contributed by atoms with Crippen LogP contribution >= 0.6 is 0 Å². The molecule has 4 rings (SSSR count). The van der Waals surface area contributed by atoms with Crippen molar-refractivity contribution in [3.63, 3.8) is 0 Å². The average molecular weight is 440 g/mol. The molecule has 0 saturated carbocycles. The molecule has 168 valence electrons. The smallest absolute Gasteiger partial charge is 0.410 e. The number of aliphatic hydroxyl groups excluding tert-OH is 1. The fourth-order valence-electron chi connectivity index (χ4n) is 3.57. The summed E-state index contributed by atoms with van der Waals surface area (Å²) in [4.78, 5) is 13.8. The van der Waals surface area contributed by atoms with Crippen molar-refractivity contribution >= 4 is 6.09 Å². The van der Waals surface area contributed by atoms with E-state index in [0.717, 1.165) is 11.6 Å². The minimum atomic E-state index is -0.611. The van der Waals surface area contributed by atoms with Crippen LogP contribution in [0.1, 0.15) is 31.4 Å². The molecule has 1 aliphatic heterocycles. The van der Waals surface area contributed by atoms with E-state index < -0.39 is 17.7 Å². The highest BCUT2D eigenvalue weighted by Crippen LogP contribution is 2.29. The topological polar surface area (TPSA) is 49.8 Å². The highest BCUT2D eigenvalue weighted by Gasteiger charge is 2.30. The van der Waals surface area contributed by atoms with Crippen molar-refractivity contribution in [2.24, 2.45) is 0 Å². The Hall–Kier alpha value is -3.25. The normalized spacial score (nSPS) is 16.6. The molecule has 3 aromatic rings. The third-order valence-electron chi connectivity index (χ3n) is 5.41. The number of amides is 1. The van der Waals surface area contributed by atoms with Gasteiger partial charge in [-0.05, 0) is 30.2 Å². The number of carbonyl (C=O) groups excluding carboxylic acids is 1. The summed E-state index contributed by atoms with van der Waals surface area (Å²) in [5.74, 6) is -1.22. The maximum absolute atomic E-state index is 13.9. The molecule has 0 aliphatic carbocycles. The second-order valence-electron chi connectivity index (χ2n) is 7.58. The number of rotatable bonds is 5. The molecule has 0 aromatic heterocycles. The molecule has 1 amide bonds. The standard InChI is InChI=1S/C20H21F2NO3.C6H6/c1-13(23-10-8-17(9-11-24)26-20(23)25)14-2-4-15(5-3-14)18-7-6-16(21)12-19(18)22;1-2-4-6-5-3-1/h2-7,12-13,17,24H,8-11H2,1H3;1-6H. The number of aliphatic hydroxyl groups is 1. The third-order valence-corrected chi connectivity index (χ3v) is 5.41. The van der Waals surface area contributed by atoms with Crippen LogP contribution in [0.15, 0.2) is 78.9 Å². The molecule has 1 N–H and O–H groups in total. The molecule has 2 unspecified atom stereocenters. The van der Waals surface area contributed by atoms with Crippen molar-refractivity contribution in [3.8, 4) is 11.1 Å². The molecule has 32 heavy (non-hydrogen) atoms. The van der Waals surface area contributed by atoms with Gasteiger partial charge in [-0.25, -0.2) is 13.6 Å². The van der Waals surface area contributed by atoms with Gasteiger partial charge in [-0.3, -0.25) is 0 Å². The summed E-state index contributed by atoms with van der Waals surface area (Å²) < 4.78 is 32.3. The van der Waals surface area contributed by atoms with Gasteiger partial charge in [0, 0.05) is 37.6 Å². The van der Waals surface area contributed by atoms with E-state index in [9.17, 15) is 13.6 Å². The molecular formula is C26H27F2NO3. The first-order chi connectivity index (χ1) is 15.5. The molecule has 1 saturated heterocycles. The summed E-state index contributed by atoms with van der Waals surface area (Å²) in [6, 6.07) is 22.5. The van der Waals surface area contributed by atoms with Crippen LogP contribution in [0.3, 0.4) is 0 Å². The summed E-state index contributed by atoms with van der Waals surface area (Å²) >= 11 is 0. The number of hydrogen-bond donors (Lipinski definition) is 1. The van der Waals surface area contributed by atoms with Crippen molar-refractivity contribution in [1.82, 2.24) is 4.90 Å². The lowest BCUT2D eigenvalue weighted by Crippen LogP contribution is -2.43. The van der Waals surface area contributed by atoms with Crippen molar-refractivity contribution in [2.75, 3.05) is 13.2 Å². The van der Waals surface area contributed by atoms with Gasteiger partial charge in [0.15, 0.2) is 0 Å². The van der Waals surface area contributed by atoms with E-state index in [1.807, 2.05) is 55.5 Å². The van der Waals surface area contributed by atoms with Crippen molar-refractivity contribution in [2.45, 2.75) is 31.9 Å². The highest BCUT2D eigenvalue weighted by atomic mass is 19.1. The van der Waals surface area contributed by atoms with Gasteiger partial charge in [-0.15, -0.1) is 0 Å². The first kappa shape index (κ1) is 23.4. The quantitative estimate of drug-likeness (QED) is 0.533. The van der Waals surface area contributed by atoms with Crippen LogP contribution in [0.25, 0.3) is 11.1 Å². The van der Waals surface area contributed by atoms with Gasteiger partial charge in [0.05, 0.1) is 6.04 Å². The molecule has 6 heteroatoms. The molecule has 1 heterocycles. The van der Waals surface area contributed by atoms with Gasteiger partial charge in [0.1, 0.15) is 17.7 Å². The number of hydrogen-bond acceptors (Lipinski definition) is 3. The minimum Gasteiger partial charge on any atom is -0.446 e. The molecule has 3 aromatic carbocycles. The third kappa shape index (κ3) is 6.14. The van der Waals surface area contributed by atoms with E-state index >= 15 is 0 Å². The Morgan fingerprint density at radius 1 is 1.03 bits per heavy atom. The Bertz CT molecular complexity index is 969. The minimum absolute atomic E-state index is 0.00505. The van der Waals surface area contributed by atoms with E-state index in [1.54, 1.807) is 17.0 Å². The zero-order valence-electron chi connectivity index (χ0n) is 18.0. The van der Waals surface area contributed by atoms with Gasteiger partial charge in [0.25, 0.3) is 0 Å². The van der Waals surface area contributed by atoms with Gasteiger partial charge in [-0.2, -0.15) is 0 Å². The number of cyclic esters (lactones) is 1. The summed E-state index contributed by atoms with van der Waals surface area (Å²) in [7, 11) is 0. The zero-order chi connectivity index (χ0) is 22.9. The van der Waals surface area contributed by atoms with Gasteiger partial charge >= 0.3 is 6.09 Å². The zero-order valence-corrected chi connectivity index (χ0v) is 18.0. The predicted molar refractivity (Wildman–Crippen MR) is 120 cm³/mol. The Morgan fingerprint density at radius 2 is 1.66 bits per heavy atom. The predicted octanol–water partition coefficient (Wildman–Crippen LogP) is 5.97. The lowest BCUT2D eigenvalue weighted by Gasteiger charge is -2.35. The number of carbonyl (C=O) groups is 1. The van der Waals surface area contributed by atoms with Gasteiger partial charge in [-0.1, -0.05) is 60.7 Å². The highest BCUT2D eigenvalue weighted by molar-refractivity contribution is 5.69. The van der Waals surface area contributed by atoms with Crippen LogP contribution in [0, 0.1) is 11.6 Å². The lowest BCUT2D eigenvalue weighted by molar-refractivity contribution is 0.00400.